The topological polar surface area (TPSA) is 113 Å². The quantitative estimate of drug-likeness (QED) is 0.478. The van der Waals surface area contributed by atoms with Crippen molar-refractivity contribution in [3.63, 3.8) is 0 Å². The Bertz CT molecular complexity index is 1450. The van der Waals surface area contributed by atoms with Gasteiger partial charge in [-0.25, -0.2) is 26.9 Å². The zero-order chi connectivity index (χ0) is 26.7. The summed E-state index contributed by atoms with van der Waals surface area (Å²) in [4.78, 5) is 21.1. The fourth-order valence-electron chi connectivity index (χ4n) is 4.52. The lowest BCUT2D eigenvalue weighted by molar-refractivity contribution is -0.136. The molecule has 1 amide bonds. The smallest absolute Gasteiger partial charge is 0.291 e. The van der Waals surface area contributed by atoms with Crippen LogP contribution in [0.25, 0.3) is 16.3 Å². The van der Waals surface area contributed by atoms with Gasteiger partial charge >= 0.3 is 0 Å². The van der Waals surface area contributed by atoms with Crippen LogP contribution in [0.3, 0.4) is 0 Å². The summed E-state index contributed by atoms with van der Waals surface area (Å²) in [5.41, 5.74) is 0.944. The second-order valence-electron chi connectivity index (χ2n) is 10.3. The highest BCUT2D eigenvalue weighted by Crippen LogP contribution is 2.38. The largest absolute Gasteiger partial charge is 0.365 e. The van der Waals surface area contributed by atoms with Crippen LogP contribution in [0.1, 0.15) is 52.0 Å². The summed E-state index contributed by atoms with van der Waals surface area (Å²) in [5, 5.41) is 7.26. The summed E-state index contributed by atoms with van der Waals surface area (Å²) in [5.74, 6) is -0.0476. The van der Waals surface area contributed by atoms with Crippen LogP contribution in [-0.4, -0.2) is 70.0 Å². The molecule has 1 aliphatic carbocycles. The number of halogens is 2. The Balaban J connectivity index is 1.59. The normalized spacial score (nSPS) is 19.8. The van der Waals surface area contributed by atoms with Crippen molar-refractivity contribution in [3.05, 3.63) is 23.5 Å². The van der Waals surface area contributed by atoms with E-state index in [1.54, 1.807) is 10.5 Å². The van der Waals surface area contributed by atoms with Gasteiger partial charge in [0.25, 0.3) is 6.43 Å². The van der Waals surface area contributed by atoms with Crippen molar-refractivity contribution >= 4 is 38.6 Å². The average molecular weight is 554 g/mol. The molecule has 10 nitrogen and oxygen atoms in total. The number of amides is 1. The van der Waals surface area contributed by atoms with Gasteiger partial charge in [0.2, 0.25) is 15.9 Å². The van der Waals surface area contributed by atoms with Crippen molar-refractivity contribution in [3.8, 4) is 10.7 Å². The number of fused-ring (bicyclic) bond motifs is 1. The Labute approximate surface area is 217 Å². The molecule has 0 spiro atoms. The maximum atomic E-state index is 13.4. The van der Waals surface area contributed by atoms with Crippen molar-refractivity contribution in [2.45, 2.75) is 63.4 Å². The van der Waals surface area contributed by atoms with Gasteiger partial charge in [-0.05, 0) is 32.8 Å². The lowest BCUT2D eigenvalue weighted by Crippen LogP contribution is -2.55. The van der Waals surface area contributed by atoms with E-state index in [1.807, 2.05) is 37.5 Å². The summed E-state index contributed by atoms with van der Waals surface area (Å²) >= 11 is 0.739. The van der Waals surface area contributed by atoms with Gasteiger partial charge in [0.1, 0.15) is 10.6 Å². The maximum absolute atomic E-state index is 13.4. The van der Waals surface area contributed by atoms with Gasteiger partial charge < -0.3 is 9.80 Å². The van der Waals surface area contributed by atoms with E-state index in [0.29, 0.717) is 36.7 Å². The molecule has 5 rings (SSSR count). The Morgan fingerprint density at radius 1 is 1.24 bits per heavy atom. The van der Waals surface area contributed by atoms with E-state index in [0.717, 1.165) is 24.2 Å². The third-order valence-corrected chi connectivity index (χ3v) is 9.40. The number of pyridine rings is 1. The zero-order valence-corrected chi connectivity index (χ0v) is 22.6. The predicted octanol–water partition coefficient (Wildman–Crippen LogP) is 3.31. The van der Waals surface area contributed by atoms with Crippen molar-refractivity contribution < 1.29 is 22.0 Å². The Morgan fingerprint density at radius 2 is 1.97 bits per heavy atom. The van der Waals surface area contributed by atoms with Crippen LogP contribution in [0.2, 0.25) is 0 Å². The van der Waals surface area contributed by atoms with Gasteiger partial charge in [0, 0.05) is 43.3 Å². The molecule has 1 saturated carbocycles. The second kappa shape index (κ2) is 9.24. The molecule has 2 fully saturated rings. The highest BCUT2D eigenvalue weighted by Gasteiger charge is 2.42. The molecule has 0 unspecified atom stereocenters. The number of carbonyl (C=O) groups is 1. The average Bonchev–Trinajstić information content (AvgIpc) is 3.22. The lowest BCUT2D eigenvalue weighted by Gasteiger charge is -2.41. The van der Waals surface area contributed by atoms with E-state index in [-0.39, 0.29) is 27.8 Å². The first-order chi connectivity index (χ1) is 17.4. The van der Waals surface area contributed by atoms with Crippen LogP contribution in [0, 0.1) is 5.92 Å². The third kappa shape index (κ3) is 4.93. The molecule has 4 heterocycles. The van der Waals surface area contributed by atoms with E-state index >= 15 is 0 Å². The van der Waals surface area contributed by atoms with E-state index in [4.69, 9.17) is 0 Å². The molecule has 2 aliphatic rings. The standard InChI is InChI=1S/C23H29F2N7O3S2/c1-13(2)22(33)31-8-7-30(11-14(31)3)16-9-15(37(34,35)29-23(4)5-6-23)12-32-17(10-26-19(16)32)20-27-28-21(36-20)18(24)25/h9-10,12-14,18,29H,5-8,11H2,1-4H3/t14-/m1/s1. The Hall–Kier alpha value is -2.71. The van der Waals surface area contributed by atoms with Crippen LogP contribution in [0.5, 0.6) is 0 Å². The van der Waals surface area contributed by atoms with E-state index in [2.05, 4.69) is 19.9 Å². The molecular weight excluding hydrogens is 524 g/mol. The summed E-state index contributed by atoms with van der Waals surface area (Å²) in [6.07, 6.45) is 1.68. The minimum atomic E-state index is -3.88. The molecule has 1 aliphatic heterocycles. The minimum Gasteiger partial charge on any atom is -0.365 e. The van der Waals surface area contributed by atoms with Crippen LogP contribution in [-0.2, 0) is 14.8 Å². The number of anilines is 1. The summed E-state index contributed by atoms with van der Waals surface area (Å²) in [6, 6.07) is 1.50. The molecule has 0 aromatic carbocycles. The Morgan fingerprint density at radius 3 is 2.57 bits per heavy atom. The van der Waals surface area contributed by atoms with Crippen LogP contribution < -0.4 is 9.62 Å². The first-order valence-electron chi connectivity index (χ1n) is 12.1. The highest BCUT2D eigenvalue weighted by molar-refractivity contribution is 7.89. The number of imidazole rings is 1. The van der Waals surface area contributed by atoms with E-state index < -0.39 is 27.0 Å². The van der Waals surface area contributed by atoms with Gasteiger partial charge in [-0.3, -0.25) is 9.20 Å². The van der Waals surface area contributed by atoms with Crippen LogP contribution in [0.15, 0.2) is 23.4 Å². The van der Waals surface area contributed by atoms with Crippen molar-refractivity contribution in [1.82, 2.24) is 29.2 Å². The highest BCUT2D eigenvalue weighted by atomic mass is 32.2. The molecule has 200 valence electrons. The number of hydrogen-bond acceptors (Lipinski definition) is 8. The number of carbonyl (C=O) groups excluding carboxylic acids is 1. The maximum Gasteiger partial charge on any atom is 0.291 e. The van der Waals surface area contributed by atoms with Crippen LogP contribution >= 0.6 is 11.3 Å². The SMILES string of the molecule is CC(C)C(=O)N1CCN(c2cc(S(=O)(=O)NC3(C)CC3)cn3c(-c4nnc(C(F)F)s4)cnc23)C[C@H]1C. The molecule has 37 heavy (non-hydrogen) atoms. The molecule has 3 aromatic heterocycles. The lowest BCUT2D eigenvalue weighted by atomic mass is 10.1. The van der Waals surface area contributed by atoms with Crippen molar-refractivity contribution in [2.75, 3.05) is 24.5 Å². The van der Waals surface area contributed by atoms with Crippen LogP contribution in [0.4, 0.5) is 14.5 Å². The molecule has 0 bridgehead atoms. The summed E-state index contributed by atoms with van der Waals surface area (Å²) < 4.78 is 57.4. The van der Waals surface area contributed by atoms with Crippen molar-refractivity contribution in [1.29, 1.82) is 0 Å². The summed E-state index contributed by atoms with van der Waals surface area (Å²) in [6.45, 7) is 9.01. The Kier molecular flexibility index (Phi) is 6.47. The number of aromatic nitrogens is 4. The monoisotopic (exact) mass is 553 g/mol. The van der Waals surface area contributed by atoms with Gasteiger partial charge in [-0.2, -0.15) is 0 Å². The summed E-state index contributed by atoms with van der Waals surface area (Å²) in [7, 11) is -3.88. The molecule has 1 saturated heterocycles. The third-order valence-electron chi connectivity index (χ3n) is 6.84. The molecular formula is C23H29F2N7O3S2. The molecule has 1 atom stereocenters. The number of sulfonamides is 1. The van der Waals surface area contributed by atoms with Gasteiger partial charge in [0.05, 0.1) is 11.9 Å². The minimum absolute atomic E-state index is 0.0364. The first kappa shape index (κ1) is 25.9. The second-order valence-corrected chi connectivity index (χ2v) is 13.0. The van der Waals surface area contributed by atoms with Gasteiger partial charge in [0.15, 0.2) is 15.7 Å². The number of hydrogen-bond donors (Lipinski definition) is 1. The predicted molar refractivity (Wildman–Crippen MR) is 135 cm³/mol. The first-order valence-corrected chi connectivity index (χ1v) is 14.4. The molecule has 14 heteroatoms. The van der Waals surface area contributed by atoms with E-state index in [9.17, 15) is 22.0 Å². The number of alkyl halides is 2. The molecule has 0 radical (unpaired) electrons. The van der Waals surface area contributed by atoms with E-state index in [1.165, 1.54) is 12.4 Å². The fourth-order valence-corrected chi connectivity index (χ4v) is 6.71. The number of nitrogens with zero attached hydrogens (tertiary/aromatic N) is 6. The number of nitrogens with one attached hydrogen (secondary N) is 1. The van der Waals surface area contributed by atoms with Gasteiger partial charge in [-0.15, -0.1) is 10.2 Å². The molecule has 3 aromatic rings. The van der Waals surface area contributed by atoms with Crippen molar-refractivity contribution in [2.24, 2.45) is 5.92 Å². The van der Waals surface area contributed by atoms with Gasteiger partial charge in [-0.1, -0.05) is 25.2 Å². The number of rotatable bonds is 7. The number of piperazine rings is 1. The molecule has 1 N–H and O–H groups in total. The fraction of sp³-hybridized carbons (Fsp3) is 0.565. The zero-order valence-electron chi connectivity index (χ0n) is 21.0.